The molecule has 7 atom stereocenters. The molecule has 9 rings (SSSR count). The second-order valence-electron chi connectivity index (χ2n) is 17.7. The second-order valence-corrected chi connectivity index (χ2v) is 17.7. The number of alkyl carbamates (subject to hydrolysis) is 1. The molecule has 3 aliphatic rings. The summed E-state index contributed by atoms with van der Waals surface area (Å²) in [6, 6.07) is 21.6. The minimum atomic E-state index is -1.25. The van der Waals surface area contributed by atoms with Crippen LogP contribution < -0.4 is 15.4 Å². The topological polar surface area (TPSA) is 196 Å². The quantitative estimate of drug-likeness (QED) is 0.0758. The molecular formula is C49H56N8O8. The Balaban J connectivity index is 0.980. The summed E-state index contributed by atoms with van der Waals surface area (Å²) in [6.07, 6.45) is 2.11. The first-order valence-electron chi connectivity index (χ1n) is 22.2. The van der Waals surface area contributed by atoms with Gasteiger partial charge in [0.15, 0.2) is 0 Å². The molecule has 5 N–H and O–H groups in total. The van der Waals surface area contributed by atoms with Gasteiger partial charge in [-0.15, -0.1) is 0 Å². The molecule has 0 radical (unpaired) electrons. The van der Waals surface area contributed by atoms with Crippen molar-refractivity contribution in [3.63, 3.8) is 0 Å². The normalized spacial score (nSPS) is 20.7. The summed E-state index contributed by atoms with van der Waals surface area (Å²) in [5.41, 5.74) is 7.15. The van der Waals surface area contributed by atoms with E-state index in [9.17, 15) is 19.5 Å². The molecule has 3 amide bonds. The van der Waals surface area contributed by atoms with Crippen LogP contribution in [0.2, 0.25) is 0 Å². The zero-order valence-corrected chi connectivity index (χ0v) is 37.5. The Kier molecular flexibility index (Phi) is 12.3. The van der Waals surface area contributed by atoms with Crippen LogP contribution in [0.4, 0.5) is 4.79 Å². The molecule has 2 saturated heterocycles. The number of hydrogen-bond donors (Lipinski definition) is 5. The van der Waals surface area contributed by atoms with Crippen LogP contribution in [0.15, 0.2) is 79.0 Å². The summed E-state index contributed by atoms with van der Waals surface area (Å²) in [5.74, 6) is 1.76. The van der Waals surface area contributed by atoms with E-state index >= 15 is 0 Å². The number of nitrogens with one attached hydrogen (secondary N) is 4. The molecule has 0 saturated carbocycles. The number of H-pyrrole nitrogens is 2. The number of ether oxygens (including phenoxy) is 4. The number of fused-ring (bicyclic) bond motifs is 6. The second kappa shape index (κ2) is 18.3. The van der Waals surface area contributed by atoms with Crippen molar-refractivity contribution in [2.24, 2.45) is 11.8 Å². The number of aliphatic hydroxyl groups excluding tert-OH is 1. The van der Waals surface area contributed by atoms with E-state index < -0.39 is 30.6 Å². The summed E-state index contributed by atoms with van der Waals surface area (Å²) >= 11 is 0. The van der Waals surface area contributed by atoms with Crippen molar-refractivity contribution in [2.75, 3.05) is 34.5 Å². The number of aromatic nitrogens is 4. The molecule has 4 aromatic carbocycles. The molecule has 340 valence electrons. The SMILES string of the molecule is COC[C@H]1C[C@@H](c2nc3c(ccc4cc5c(cc43)OCc3cc(-c4cnc([C@@H]6CC[C@H](C)N6C(=O)[C@@H](NC(O)OC)C(C)C)[nH]4)ccc3-5)[nH]2)N(C(=O)[C@H](NC(=O)OC)c2ccccc2)C1. The summed E-state index contributed by atoms with van der Waals surface area (Å²) in [7, 11) is 4.33. The van der Waals surface area contributed by atoms with Crippen molar-refractivity contribution < 1.29 is 38.4 Å². The van der Waals surface area contributed by atoms with Gasteiger partial charge in [-0.25, -0.2) is 14.8 Å². The molecule has 0 bridgehead atoms. The van der Waals surface area contributed by atoms with Crippen LogP contribution in [-0.2, 0) is 30.4 Å². The van der Waals surface area contributed by atoms with Crippen molar-refractivity contribution >= 4 is 39.7 Å². The van der Waals surface area contributed by atoms with Crippen LogP contribution in [0, 0.1) is 11.8 Å². The van der Waals surface area contributed by atoms with Gasteiger partial charge in [0, 0.05) is 43.7 Å². The number of benzene rings is 4. The summed E-state index contributed by atoms with van der Waals surface area (Å²) in [5, 5.41) is 17.7. The van der Waals surface area contributed by atoms with Gasteiger partial charge in [0.2, 0.25) is 12.3 Å². The maximum absolute atomic E-state index is 14.4. The fraction of sp³-hybridized carbons (Fsp3) is 0.408. The highest BCUT2D eigenvalue weighted by Gasteiger charge is 2.43. The summed E-state index contributed by atoms with van der Waals surface area (Å²) in [4.78, 5) is 61.5. The van der Waals surface area contributed by atoms with Gasteiger partial charge >= 0.3 is 6.09 Å². The van der Waals surface area contributed by atoms with E-state index in [0.717, 1.165) is 74.2 Å². The molecular weight excluding hydrogens is 829 g/mol. The number of carbonyl (C=O) groups is 3. The molecule has 2 aromatic heterocycles. The first kappa shape index (κ1) is 43.9. The van der Waals surface area contributed by atoms with E-state index in [1.54, 1.807) is 12.0 Å². The monoisotopic (exact) mass is 884 g/mol. The zero-order valence-electron chi connectivity index (χ0n) is 37.5. The van der Waals surface area contributed by atoms with Gasteiger partial charge in [-0.05, 0) is 84.0 Å². The number of amides is 3. The number of nitrogens with zero attached hydrogens (tertiary/aromatic N) is 4. The maximum Gasteiger partial charge on any atom is 0.407 e. The molecule has 3 aliphatic heterocycles. The van der Waals surface area contributed by atoms with Gasteiger partial charge in [-0.1, -0.05) is 62.4 Å². The Morgan fingerprint density at radius 3 is 2.51 bits per heavy atom. The molecule has 65 heavy (non-hydrogen) atoms. The number of hydrogen-bond acceptors (Lipinski definition) is 11. The van der Waals surface area contributed by atoms with Crippen molar-refractivity contribution in [2.45, 2.75) is 83.3 Å². The van der Waals surface area contributed by atoms with Crippen LogP contribution in [-0.4, -0.2) is 106 Å². The van der Waals surface area contributed by atoms with Gasteiger partial charge in [-0.2, -0.15) is 0 Å². The number of likely N-dealkylation sites (tertiary alicyclic amines) is 2. The van der Waals surface area contributed by atoms with E-state index in [2.05, 4.69) is 57.0 Å². The highest BCUT2D eigenvalue weighted by molar-refractivity contribution is 6.07. The summed E-state index contributed by atoms with van der Waals surface area (Å²) < 4.78 is 21.9. The first-order chi connectivity index (χ1) is 31.5. The standard InChI is InChI=1S/C49H56N8O8/c1-26(2)41(54-48(60)63-5)47(59)57-27(3)12-17-38(57)44-50-22-37(52-44)31-13-15-33-32(19-31)25-65-40-21-34-30(20-35(33)40)14-16-36-43(34)53-45(51-36)39-18-28(24-62-4)23-56(39)46(58)42(55-49(61)64-6)29-10-8-7-9-11-29/h7-11,13-16,19-22,26-28,38-39,41-42,48,54,60H,12,17-18,23-25H2,1-6H3,(H,50,52)(H,51,53)(H,55,61)/t27-,28-,38-,39-,41-,42+,48?/m0/s1. The molecule has 16 heteroatoms. The Bertz CT molecular complexity index is 2720. The van der Waals surface area contributed by atoms with Crippen molar-refractivity contribution in [1.82, 2.24) is 40.4 Å². The molecule has 1 unspecified atom stereocenters. The zero-order chi connectivity index (χ0) is 45.5. The van der Waals surface area contributed by atoms with Crippen LogP contribution in [0.1, 0.15) is 80.9 Å². The number of rotatable bonds is 13. The Hall–Kier alpha value is -6.33. The van der Waals surface area contributed by atoms with Gasteiger partial charge in [0.1, 0.15) is 30.0 Å². The van der Waals surface area contributed by atoms with Crippen LogP contribution in [0.3, 0.4) is 0 Å². The molecule has 0 aliphatic carbocycles. The van der Waals surface area contributed by atoms with Crippen LogP contribution in [0.25, 0.3) is 44.2 Å². The van der Waals surface area contributed by atoms with Crippen molar-refractivity contribution in [3.05, 3.63) is 102 Å². The van der Waals surface area contributed by atoms with E-state index in [-0.39, 0.29) is 35.7 Å². The number of methoxy groups -OCH3 is 3. The van der Waals surface area contributed by atoms with E-state index in [1.165, 1.54) is 14.2 Å². The molecule has 16 nitrogen and oxygen atoms in total. The highest BCUT2D eigenvalue weighted by atomic mass is 16.6. The molecule has 0 spiro atoms. The van der Waals surface area contributed by atoms with Gasteiger partial charge in [0.05, 0.1) is 54.8 Å². The summed E-state index contributed by atoms with van der Waals surface area (Å²) in [6.45, 7) is 7.21. The molecule has 2 fully saturated rings. The number of imidazole rings is 2. The minimum Gasteiger partial charge on any atom is -0.488 e. The van der Waals surface area contributed by atoms with E-state index in [4.69, 9.17) is 28.9 Å². The maximum atomic E-state index is 14.4. The highest BCUT2D eigenvalue weighted by Crippen LogP contribution is 2.44. The number of aliphatic hydroxyl groups is 1. The lowest BCUT2D eigenvalue weighted by Crippen LogP contribution is -2.54. The average Bonchev–Trinajstić information content (AvgIpc) is 4.15. The predicted molar refractivity (Wildman–Crippen MR) is 243 cm³/mol. The molecule has 5 heterocycles. The smallest absolute Gasteiger partial charge is 0.407 e. The predicted octanol–water partition coefficient (Wildman–Crippen LogP) is 6.89. The van der Waals surface area contributed by atoms with Crippen LogP contribution >= 0.6 is 0 Å². The fourth-order valence-corrected chi connectivity index (χ4v) is 9.90. The van der Waals surface area contributed by atoms with Crippen molar-refractivity contribution in [3.8, 4) is 28.1 Å². The Morgan fingerprint density at radius 1 is 0.938 bits per heavy atom. The first-order valence-corrected chi connectivity index (χ1v) is 22.2. The van der Waals surface area contributed by atoms with Crippen molar-refractivity contribution in [1.29, 1.82) is 0 Å². The minimum absolute atomic E-state index is 0.00522. The van der Waals surface area contributed by atoms with E-state index in [0.29, 0.717) is 37.6 Å². The van der Waals surface area contributed by atoms with E-state index in [1.807, 2.05) is 68.3 Å². The largest absolute Gasteiger partial charge is 0.488 e. The third-order valence-corrected chi connectivity index (χ3v) is 13.2. The third kappa shape index (κ3) is 8.42. The Morgan fingerprint density at radius 2 is 1.75 bits per heavy atom. The van der Waals surface area contributed by atoms with Crippen LogP contribution in [0.5, 0.6) is 5.75 Å². The lowest BCUT2D eigenvalue weighted by Gasteiger charge is -2.34. The molecule has 6 aromatic rings. The lowest BCUT2D eigenvalue weighted by molar-refractivity contribution is -0.146. The van der Waals surface area contributed by atoms with Gasteiger partial charge < -0.3 is 49.1 Å². The van der Waals surface area contributed by atoms with Gasteiger partial charge in [0.25, 0.3) is 5.91 Å². The lowest BCUT2D eigenvalue weighted by atomic mass is 9.92. The van der Waals surface area contributed by atoms with Gasteiger partial charge in [-0.3, -0.25) is 14.9 Å². The Labute approximate surface area is 377 Å². The average molecular weight is 885 g/mol. The fourth-order valence-electron chi connectivity index (χ4n) is 9.90. The third-order valence-electron chi connectivity index (χ3n) is 13.2. The number of aromatic amines is 2. The number of carbonyl (C=O) groups excluding carboxylic acids is 3.